The van der Waals surface area contributed by atoms with Gasteiger partial charge in [0.15, 0.2) is 6.54 Å². The number of hydrogen-bond acceptors (Lipinski definition) is 4. The molecule has 0 aliphatic carbocycles. The predicted octanol–water partition coefficient (Wildman–Crippen LogP) is 0.507. The summed E-state index contributed by atoms with van der Waals surface area (Å²) in [7, 11) is 0. The minimum atomic E-state index is -0.298. The van der Waals surface area contributed by atoms with Gasteiger partial charge < -0.3 is 15.0 Å². The number of carbonyl (C=O) groups is 2. The minimum Gasteiger partial charge on any atom is -0.450 e. The summed E-state index contributed by atoms with van der Waals surface area (Å²) in [4.78, 5) is 26.5. The average molecular weight is 352 g/mol. The molecule has 0 atom stereocenters. The van der Waals surface area contributed by atoms with E-state index in [4.69, 9.17) is 21.6 Å². The van der Waals surface area contributed by atoms with Crippen LogP contribution < -0.4 is 10.2 Å². The van der Waals surface area contributed by atoms with Gasteiger partial charge in [-0.05, 0) is 25.1 Å². The number of quaternary nitrogens is 1. The fourth-order valence-corrected chi connectivity index (χ4v) is 2.74. The van der Waals surface area contributed by atoms with Crippen LogP contribution in [0.15, 0.2) is 18.2 Å². The first kappa shape index (κ1) is 18.0. The van der Waals surface area contributed by atoms with Crippen molar-refractivity contribution in [3.63, 3.8) is 0 Å². The van der Waals surface area contributed by atoms with E-state index >= 15 is 0 Å². The molecule has 1 heterocycles. The predicted molar refractivity (Wildman–Crippen MR) is 89.0 cm³/mol. The van der Waals surface area contributed by atoms with Gasteiger partial charge in [-0.25, -0.2) is 4.79 Å². The first-order valence-electron chi connectivity index (χ1n) is 7.78. The highest BCUT2D eigenvalue weighted by Crippen LogP contribution is 2.19. The molecule has 128 valence electrons. The molecule has 1 aromatic rings. The average Bonchev–Trinajstić information content (AvgIpc) is 2.56. The maximum Gasteiger partial charge on any atom is 0.410 e. The molecule has 2 N–H and O–H groups in total. The maximum atomic E-state index is 12.1. The number of amides is 2. The molecular weight excluding hydrogens is 332 g/mol. The molecule has 7 nitrogen and oxygen atoms in total. The third-order valence-electron chi connectivity index (χ3n) is 3.78. The topological polar surface area (TPSA) is 86.9 Å². The molecule has 1 aromatic carbocycles. The molecule has 0 saturated carbocycles. The van der Waals surface area contributed by atoms with Crippen molar-refractivity contribution in [1.29, 1.82) is 5.26 Å². The summed E-state index contributed by atoms with van der Waals surface area (Å²) in [6.07, 6.45) is -0.298. The quantitative estimate of drug-likeness (QED) is 0.827. The van der Waals surface area contributed by atoms with Crippen LogP contribution in [0.25, 0.3) is 0 Å². The highest BCUT2D eigenvalue weighted by Gasteiger charge is 2.25. The molecule has 0 spiro atoms. The summed E-state index contributed by atoms with van der Waals surface area (Å²) in [6.45, 7) is 4.99. The van der Waals surface area contributed by atoms with E-state index in [-0.39, 0.29) is 12.0 Å². The maximum absolute atomic E-state index is 12.1. The molecule has 2 rings (SSSR count). The molecule has 1 fully saturated rings. The Morgan fingerprint density at radius 1 is 1.42 bits per heavy atom. The van der Waals surface area contributed by atoms with Crippen molar-refractivity contribution in [2.75, 3.05) is 44.6 Å². The second kappa shape index (κ2) is 8.52. The lowest BCUT2D eigenvalue weighted by Crippen LogP contribution is -3.15. The van der Waals surface area contributed by atoms with E-state index in [9.17, 15) is 9.59 Å². The summed E-state index contributed by atoms with van der Waals surface area (Å²) in [6, 6.07) is 6.76. The van der Waals surface area contributed by atoms with Gasteiger partial charge in [-0.3, -0.25) is 9.69 Å². The monoisotopic (exact) mass is 351 g/mol. The van der Waals surface area contributed by atoms with Gasteiger partial charge in [-0.15, -0.1) is 0 Å². The number of nitrogens with zero attached hydrogens (tertiary/aromatic N) is 2. The van der Waals surface area contributed by atoms with Crippen LogP contribution in [-0.4, -0.2) is 56.2 Å². The van der Waals surface area contributed by atoms with Crippen LogP contribution in [0.5, 0.6) is 0 Å². The van der Waals surface area contributed by atoms with Crippen LogP contribution in [0.3, 0.4) is 0 Å². The molecule has 0 aromatic heterocycles. The lowest BCUT2D eigenvalue weighted by molar-refractivity contribution is -0.895. The Kier molecular flexibility index (Phi) is 6.41. The van der Waals surface area contributed by atoms with Crippen LogP contribution >= 0.6 is 11.6 Å². The van der Waals surface area contributed by atoms with Crippen LogP contribution in [0.2, 0.25) is 5.02 Å². The molecule has 1 saturated heterocycles. The second-order valence-corrected chi connectivity index (χ2v) is 5.87. The van der Waals surface area contributed by atoms with Gasteiger partial charge in [0, 0.05) is 5.69 Å². The molecule has 8 heteroatoms. The van der Waals surface area contributed by atoms with E-state index in [2.05, 4.69) is 5.32 Å². The highest BCUT2D eigenvalue weighted by molar-refractivity contribution is 6.32. The summed E-state index contributed by atoms with van der Waals surface area (Å²) >= 11 is 5.95. The van der Waals surface area contributed by atoms with Crippen LogP contribution in [0.1, 0.15) is 12.5 Å². The standard InChI is InChI=1S/C16H19ClN4O3/c1-2-24-16(23)21-7-5-20(6-8-21)11-15(22)19-13-4-3-12(10-18)14(17)9-13/h3-4,9H,2,5-8,11H2,1H3,(H,19,22)/p+1. The van der Waals surface area contributed by atoms with Crippen molar-refractivity contribution in [3.8, 4) is 6.07 Å². The van der Waals surface area contributed by atoms with E-state index < -0.39 is 0 Å². The zero-order valence-corrected chi connectivity index (χ0v) is 14.2. The number of piperazine rings is 1. The third-order valence-corrected chi connectivity index (χ3v) is 4.09. The van der Waals surface area contributed by atoms with Gasteiger partial charge in [-0.1, -0.05) is 11.6 Å². The van der Waals surface area contributed by atoms with Gasteiger partial charge >= 0.3 is 6.09 Å². The third kappa shape index (κ3) is 4.85. The summed E-state index contributed by atoms with van der Waals surface area (Å²) in [5.41, 5.74) is 0.934. The summed E-state index contributed by atoms with van der Waals surface area (Å²) in [5, 5.41) is 11.9. The number of rotatable bonds is 4. The number of nitriles is 1. The lowest BCUT2D eigenvalue weighted by Gasteiger charge is -2.31. The van der Waals surface area contributed by atoms with Gasteiger partial charge in [-0.2, -0.15) is 5.26 Å². The zero-order valence-electron chi connectivity index (χ0n) is 13.5. The normalized spacial score (nSPS) is 14.8. The first-order valence-corrected chi connectivity index (χ1v) is 8.16. The number of nitrogens with one attached hydrogen (secondary N) is 2. The second-order valence-electron chi connectivity index (χ2n) is 5.47. The molecule has 0 unspecified atom stereocenters. The first-order chi connectivity index (χ1) is 11.5. The summed E-state index contributed by atoms with van der Waals surface area (Å²) < 4.78 is 4.97. The SMILES string of the molecule is CCOC(=O)N1CC[NH+](CC(=O)Nc2ccc(C#N)c(Cl)c2)CC1. The van der Waals surface area contributed by atoms with Gasteiger partial charge in [0.25, 0.3) is 5.91 Å². The van der Waals surface area contributed by atoms with Crippen molar-refractivity contribution in [3.05, 3.63) is 28.8 Å². The van der Waals surface area contributed by atoms with Crippen molar-refractivity contribution >= 4 is 29.3 Å². The Labute approximate surface area is 145 Å². The molecule has 0 radical (unpaired) electrons. The van der Waals surface area contributed by atoms with Crippen LogP contribution in [0, 0.1) is 11.3 Å². The van der Waals surface area contributed by atoms with Crippen LogP contribution in [0.4, 0.5) is 10.5 Å². The Hall–Kier alpha value is -2.30. The Morgan fingerprint density at radius 2 is 2.12 bits per heavy atom. The van der Waals surface area contributed by atoms with Crippen molar-refractivity contribution in [1.82, 2.24) is 4.90 Å². The van der Waals surface area contributed by atoms with E-state index in [0.717, 1.165) is 4.90 Å². The van der Waals surface area contributed by atoms with E-state index in [0.29, 0.717) is 55.6 Å². The van der Waals surface area contributed by atoms with E-state index in [1.54, 1.807) is 30.0 Å². The zero-order chi connectivity index (χ0) is 17.5. The lowest BCUT2D eigenvalue weighted by atomic mass is 10.2. The number of carbonyl (C=O) groups excluding carboxylic acids is 2. The van der Waals surface area contributed by atoms with Gasteiger partial charge in [0.05, 0.1) is 43.4 Å². The molecule has 1 aliphatic heterocycles. The Morgan fingerprint density at radius 3 is 2.71 bits per heavy atom. The fourth-order valence-electron chi connectivity index (χ4n) is 2.51. The van der Waals surface area contributed by atoms with Crippen LogP contribution in [-0.2, 0) is 9.53 Å². The molecular formula is C16H20ClN4O3+. The highest BCUT2D eigenvalue weighted by atomic mass is 35.5. The number of ether oxygens (including phenoxy) is 1. The van der Waals surface area contributed by atoms with Crippen molar-refractivity contribution in [2.24, 2.45) is 0 Å². The van der Waals surface area contributed by atoms with Gasteiger partial charge in [0.2, 0.25) is 0 Å². The van der Waals surface area contributed by atoms with Crippen molar-refractivity contribution in [2.45, 2.75) is 6.92 Å². The number of benzene rings is 1. The molecule has 0 bridgehead atoms. The number of anilines is 1. The molecule has 2 amide bonds. The van der Waals surface area contributed by atoms with E-state index in [1.165, 1.54) is 0 Å². The number of hydrogen-bond donors (Lipinski definition) is 2. The molecule has 1 aliphatic rings. The molecule has 24 heavy (non-hydrogen) atoms. The summed E-state index contributed by atoms with van der Waals surface area (Å²) in [5.74, 6) is -0.129. The van der Waals surface area contributed by atoms with Crippen molar-refractivity contribution < 1.29 is 19.2 Å². The Bertz CT molecular complexity index is 651. The smallest absolute Gasteiger partial charge is 0.410 e. The van der Waals surface area contributed by atoms with Gasteiger partial charge in [0.1, 0.15) is 6.07 Å². The Balaban J connectivity index is 1.81. The largest absolute Gasteiger partial charge is 0.450 e. The van der Waals surface area contributed by atoms with E-state index in [1.807, 2.05) is 6.07 Å². The minimum absolute atomic E-state index is 0.129. The fraction of sp³-hybridized carbons (Fsp3) is 0.438. The number of halogens is 1.